The van der Waals surface area contributed by atoms with Crippen LogP contribution in [0.25, 0.3) is 5.69 Å². The second kappa shape index (κ2) is 6.01. The molecule has 128 valence electrons. The molecule has 0 bridgehead atoms. The summed E-state index contributed by atoms with van der Waals surface area (Å²) in [5.41, 5.74) is 8.09. The number of carbonyl (C=O) groups is 1. The van der Waals surface area contributed by atoms with E-state index in [4.69, 9.17) is 5.73 Å². The van der Waals surface area contributed by atoms with Gasteiger partial charge in [-0.15, -0.1) is 0 Å². The zero-order valence-electron chi connectivity index (χ0n) is 13.2. The SMILES string of the molecule is CC(C(N)=O)S(=O)(=O)Cc1nn(-c2ccc(F)cc2)c2c1CCC2. The van der Waals surface area contributed by atoms with Gasteiger partial charge in [-0.05, 0) is 56.0 Å². The Balaban J connectivity index is 2.01. The Labute approximate surface area is 139 Å². The van der Waals surface area contributed by atoms with Gasteiger partial charge in [-0.3, -0.25) is 4.79 Å². The maximum Gasteiger partial charge on any atom is 0.235 e. The standard InChI is InChI=1S/C16H18FN3O3S/c1-10(16(18)21)24(22,23)9-14-13-3-2-4-15(13)20(19-14)12-7-5-11(17)6-8-12/h5-8,10H,2-4,9H2,1H3,(H2,18,21). The quantitative estimate of drug-likeness (QED) is 0.878. The molecule has 0 fully saturated rings. The molecular formula is C16H18FN3O3S. The Morgan fingerprint density at radius 1 is 1.33 bits per heavy atom. The first-order chi connectivity index (χ1) is 11.3. The molecule has 2 aromatic rings. The Kier molecular flexibility index (Phi) is 4.16. The maximum absolute atomic E-state index is 13.1. The average molecular weight is 351 g/mol. The van der Waals surface area contributed by atoms with Gasteiger partial charge in [-0.2, -0.15) is 5.10 Å². The van der Waals surface area contributed by atoms with Crippen LogP contribution in [-0.2, 0) is 33.2 Å². The van der Waals surface area contributed by atoms with Crippen LogP contribution in [0.3, 0.4) is 0 Å². The van der Waals surface area contributed by atoms with Crippen molar-refractivity contribution < 1.29 is 17.6 Å². The van der Waals surface area contributed by atoms with Crippen LogP contribution in [0.2, 0.25) is 0 Å². The highest BCUT2D eigenvalue weighted by Crippen LogP contribution is 2.29. The summed E-state index contributed by atoms with van der Waals surface area (Å²) in [7, 11) is -3.72. The van der Waals surface area contributed by atoms with Crippen molar-refractivity contribution in [3.05, 3.63) is 47.0 Å². The molecule has 0 spiro atoms. The fourth-order valence-electron chi connectivity index (χ4n) is 2.92. The summed E-state index contributed by atoms with van der Waals surface area (Å²) >= 11 is 0. The molecule has 1 heterocycles. The number of halogens is 1. The average Bonchev–Trinajstić information content (AvgIpc) is 3.11. The zero-order chi connectivity index (χ0) is 17.5. The first kappa shape index (κ1) is 16.6. The first-order valence-corrected chi connectivity index (χ1v) is 9.37. The van der Waals surface area contributed by atoms with Gasteiger partial charge in [0.2, 0.25) is 5.91 Å². The van der Waals surface area contributed by atoms with E-state index in [1.54, 1.807) is 16.8 Å². The third kappa shape index (κ3) is 2.93. The monoisotopic (exact) mass is 351 g/mol. The number of sulfone groups is 1. The van der Waals surface area contributed by atoms with Gasteiger partial charge < -0.3 is 5.73 Å². The smallest absolute Gasteiger partial charge is 0.235 e. The van der Waals surface area contributed by atoms with E-state index in [0.717, 1.165) is 30.5 Å². The van der Waals surface area contributed by atoms with Crippen molar-refractivity contribution >= 4 is 15.7 Å². The summed E-state index contributed by atoms with van der Waals surface area (Å²) in [6, 6.07) is 5.88. The lowest BCUT2D eigenvalue weighted by Gasteiger charge is -2.08. The molecule has 1 aliphatic carbocycles. The number of nitrogens with two attached hydrogens (primary N) is 1. The van der Waals surface area contributed by atoms with Crippen LogP contribution in [0.1, 0.15) is 30.3 Å². The van der Waals surface area contributed by atoms with Crippen LogP contribution < -0.4 is 5.73 Å². The number of amides is 1. The van der Waals surface area contributed by atoms with E-state index in [-0.39, 0.29) is 11.6 Å². The molecule has 0 saturated carbocycles. The van der Waals surface area contributed by atoms with Crippen LogP contribution in [0.5, 0.6) is 0 Å². The van der Waals surface area contributed by atoms with Gasteiger partial charge in [0.05, 0.1) is 17.1 Å². The minimum absolute atomic E-state index is 0.326. The summed E-state index contributed by atoms with van der Waals surface area (Å²) in [4.78, 5) is 11.2. The number of rotatable bonds is 5. The predicted octanol–water partition coefficient (Wildman–Crippen LogP) is 1.29. The third-order valence-corrected chi connectivity index (χ3v) is 6.35. The lowest BCUT2D eigenvalue weighted by atomic mass is 10.2. The fourth-order valence-corrected chi connectivity index (χ4v) is 4.14. The molecule has 1 amide bonds. The number of aromatic nitrogens is 2. The molecule has 2 N–H and O–H groups in total. The predicted molar refractivity (Wildman–Crippen MR) is 86.8 cm³/mol. The van der Waals surface area contributed by atoms with Gasteiger partial charge in [0.25, 0.3) is 0 Å². The maximum atomic E-state index is 13.1. The number of hydrogen-bond acceptors (Lipinski definition) is 4. The molecule has 1 unspecified atom stereocenters. The van der Waals surface area contributed by atoms with E-state index in [1.165, 1.54) is 19.1 Å². The van der Waals surface area contributed by atoms with Crippen molar-refractivity contribution in [3.8, 4) is 5.69 Å². The van der Waals surface area contributed by atoms with Crippen molar-refractivity contribution in [3.63, 3.8) is 0 Å². The van der Waals surface area contributed by atoms with Gasteiger partial charge in [0.15, 0.2) is 9.84 Å². The molecule has 0 saturated heterocycles. The van der Waals surface area contributed by atoms with Crippen molar-refractivity contribution in [1.82, 2.24) is 9.78 Å². The van der Waals surface area contributed by atoms with Crippen molar-refractivity contribution in [2.45, 2.75) is 37.2 Å². The Hall–Kier alpha value is -2.22. The molecule has 8 heteroatoms. The lowest BCUT2D eigenvalue weighted by Crippen LogP contribution is -2.34. The van der Waals surface area contributed by atoms with Gasteiger partial charge in [0.1, 0.15) is 11.1 Å². The number of benzene rings is 1. The molecule has 1 atom stereocenters. The Bertz CT molecular complexity index is 888. The molecule has 0 aliphatic heterocycles. The number of nitrogens with zero attached hydrogens (tertiary/aromatic N) is 2. The van der Waals surface area contributed by atoms with E-state index in [9.17, 15) is 17.6 Å². The Morgan fingerprint density at radius 2 is 2.00 bits per heavy atom. The van der Waals surface area contributed by atoms with E-state index in [1.807, 2.05) is 0 Å². The van der Waals surface area contributed by atoms with E-state index in [2.05, 4.69) is 5.10 Å². The van der Waals surface area contributed by atoms with Crippen LogP contribution in [0.4, 0.5) is 4.39 Å². The topological polar surface area (TPSA) is 95.1 Å². The number of fused-ring (bicyclic) bond motifs is 1. The van der Waals surface area contributed by atoms with E-state index < -0.39 is 21.0 Å². The van der Waals surface area contributed by atoms with Gasteiger partial charge >= 0.3 is 0 Å². The van der Waals surface area contributed by atoms with Crippen molar-refractivity contribution in [1.29, 1.82) is 0 Å². The molecule has 0 radical (unpaired) electrons. The number of hydrogen-bond donors (Lipinski definition) is 1. The second-order valence-corrected chi connectivity index (χ2v) is 8.29. The summed E-state index contributed by atoms with van der Waals surface area (Å²) < 4.78 is 39.4. The third-order valence-electron chi connectivity index (χ3n) is 4.36. The van der Waals surface area contributed by atoms with Crippen LogP contribution >= 0.6 is 0 Å². The number of carbonyl (C=O) groups excluding carboxylic acids is 1. The molecule has 24 heavy (non-hydrogen) atoms. The van der Waals surface area contributed by atoms with Gasteiger partial charge in [-0.25, -0.2) is 17.5 Å². The van der Waals surface area contributed by atoms with Crippen LogP contribution in [-0.4, -0.2) is 29.4 Å². The lowest BCUT2D eigenvalue weighted by molar-refractivity contribution is -0.117. The fraction of sp³-hybridized carbons (Fsp3) is 0.375. The van der Waals surface area contributed by atoms with E-state index in [0.29, 0.717) is 11.4 Å². The molecule has 1 aliphatic rings. The van der Waals surface area contributed by atoms with E-state index >= 15 is 0 Å². The molecule has 3 rings (SSSR count). The van der Waals surface area contributed by atoms with Crippen molar-refractivity contribution in [2.24, 2.45) is 5.73 Å². The van der Waals surface area contributed by atoms with Crippen LogP contribution in [0, 0.1) is 5.82 Å². The van der Waals surface area contributed by atoms with Crippen molar-refractivity contribution in [2.75, 3.05) is 0 Å². The highest BCUT2D eigenvalue weighted by atomic mass is 32.2. The first-order valence-electron chi connectivity index (χ1n) is 7.66. The number of primary amides is 1. The molecule has 6 nitrogen and oxygen atoms in total. The summed E-state index contributed by atoms with van der Waals surface area (Å²) in [5.74, 6) is -1.54. The van der Waals surface area contributed by atoms with Gasteiger partial charge in [0, 0.05) is 5.69 Å². The normalized spacial score (nSPS) is 15.2. The van der Waals surface area contributed by atoms with Gasteiger partial charge in [-0.1, -0.05) is 0 Å². The minimum Gasteiger partial charge on any atom is -0.369 e. The highest BCUT2D eigenvalue weighted by Gasteiger charge is 2.31. The molecule has 1 aromatic heterocycles. The summed E-state index contributed by atoms with van der Waals surface area (Å²) in [6.07, 6.45) is 2.43. The largest absolute Gasteiger partial charge is 0.369 e. The van der Waals surface area contributed by atoms with Crippen LogP contribution in [0.15, 0.2) is 24.3 Å². The summed E-state index contributed by atoms with van der Waals surface area (Å²) in [6.45, 7) is 1.29. The minimum atomic E-state index is -3.72. The molecular weight excluding hydrogens is 333 g/mol. The Morgan fingerprint density at radius 3 is 2.62 bits per heavy atom. The highest BCUT2D eigenvalue weighted by molar-refractivity contribution is 7.92. The molecule has 1 aromatic carbocycles. The second-order valence-electron chi connectivity index (χ2n) is 5.97. The summed E-state index contributed by atoms with van der Waals surface area (Å²) in [5, 5.41) is 3.16. The zero-order valence-corrected chi connectivity index (χ0v) is 14.0.